The number of piperazine rings is 1. The highest BCUT2D eigenvalue weighted by atomic mass is 35.5. The summed E-state index contributed by atoms with van der Waals surface area (Å²) < 4.78 is 13.4. The number of thiophene rings is 1. The van der Waals surface area contributed by atoms with Crippen molar-refractivity contribution in [3.63, 3.8) is 0 Å². The number of aryl methyl sites for hydroxylation is 1. The van der Waals surface area contributed by atoms with Gasteiger partial charge in [0.25, 0.3) is 5.91 Å². The zero-order valence-corrected chi connectivity index (χ0v) is 19.5. The summed E-state index contributed by atoms with van der Waals surface area (Å²) >= 11 is 7.17. The van der Waals surface area contributed by atoms with Gasteiger partial charge < -0.3 is 15.1 Å². The number of nitrogens with zero attached hydrogens (tertiary/aromatic N) is 4. The number of carbonyl (C=O) groups is 1. The molecule has 1 fully saturated rings. The van der Waals surface area contributed by atoms with Crippen LogP contribution in [0, 0.1) is 12.7 Å². The number of para-hydroxylation sites is 1. The maximum atomic E-state index is 13.4. The van der Waals surface area contributed by atoms with E-state index in [1.807, 2.05) is 13.0 Å². The molecule has 0 unspecified atom stereocenters. The third-order valence-electron chi connectivity index (χ3n) is 5.79. The van der Waals surface area contributed by atoms with Crippen molar-refractivity contribution in [2.75, 3.05) is 41.3 Å². The van der Waals surface area contributed by atoms with Gasteiger partial charge in [0.2, 0.25) is 0 Å². The molecule has 1 N–H and O–H groups in total. The minimum Gasteiger partial charge on any atom is -0.368 e. The van der Waals surface area contributed by atoms with E-state index in [1.165, 1.54) is 35.2 Å². The molecule has 0 saturated carbocycles. The lowest BCUT2D eigenvalue weighted by atomic mass is 10.1. The Labute approximate surface area is 199 Å². The van der Waals surface area contributed by atoms with Crippen molar-refractivity contribution in [3.8, 4) is 0 Å². The molecule has 4 aromatic rings. The second kappa shape index (κ2) is 8.96. The van der Waals surface area contributed by atoms with Gasteiger partial charge in [-0.25, -0.2) is 14.4 Å². The van der Waals surface area contributed by atoms with E-state index in [0.717, 1.165) is 47.8 Å². The van der Waals surface area contributed by atoms with Gasteiger partial charge in [0.05, 0.1) is 15.3 Å². The highest BCUT2D eigenvalue weighted by Crippen LogP contribution is 2.36. The molecule has 33 heavy (non-hydrogen) atoms. The van der Waals surface area contributed by atoms with Crippen molar-refractivity contribution in [1.82, 2.24) is 9.97 Å². The zero-order valence-electron chi connectivity index (χ0n) is 17.9. The summed E-state index contributed by atoms with van der Waals surface area (Å²) in [7, 11) is 0. The molecule has 0 bridgehead atoms. The van der Waals surface area contributed by atoms with Crippen LogP contribution in [0.4, 0.5) is 21.6 Å². The van der Waals surface area contributed by atoms with Gasteiger partial charge in [-0.1, -0.05) is 29.8 Å². The highest BCUT2D eigenvalue weighted by molar-refractivity contribution is 7.20. The summed E-state index contributed by atoms with van der Waals surface area (Å²) in [6, 6.07) is 14.5. The summed E-state index contributed by atoms with van der Waals surface area (Å²) in [5.74, 6) is 0.0448. The third-order valence-corrected chi connectivity index (χ3v) is 7.28. The molecule has 6 nitrogen and oxygen atoms in total. The number of hydrogen-bond donors (Lipinski definition) is 1. The summed E-state index contributed by atoms with van der Waals surface area (Å²) in [6.45, 7) is 5.34. The number of carbonyl (C=O) groups excluding carboxylic acids is 1. The van der Waals surface area contributed by atoms with E-state index in [9.17, 15) is 9.18 Å². The molecule has 0 aliphatic carbocycles. The fourth-order valence-corrected chi connectivity index (χ4v) is 5.31. The van der Waals surface area contributed by atoms with Gasteiger partial charge in [-0.05, 0) is 42.8 Å². The molecular formula is C24H21ClFN5OS. The largest absolute Gasteiger partial charge is 0.368 e. The van der Waals surface area contributed by atoms with Crippen molar-refractivity contribution in [2.45, 2.75) is 6.92 Å². The first kappa shape index (κ1) is 21.6. The Bertz CT molecular complexity index is 1320. The second-order valence-corrected chi connectivity index (χ2v) is 9.23. The maximum absolute atomic E-state index is 13.4. The Morgan fingerprint density at radius 1 is 1.06 bits per heavy atom. The van der Waals surface area contributed by atoms with Crippen LogP contribution in [-0.2, 0) is 0 Å². The first-order chi connectivity index (χ1) is 16.0. The SMILES string of the molecule is Cc1c(C(=O)Nc2ccc(F)c(Cl)c2)sc2ncnc(N3CCN(c4ccccc4)CC3)c12. The van der Waals surface area contributed by atoms with Crippen LogP contribution in [0.5, 0.6) is 0 Å². The van der Waals surface area contributed by atoms with Gasteiger partial charge >= 0.3 is 0 Å². The summed E-state index contributed by atoms with van der Waals surface area (Å²) in [4.78, 5) is 27.9. The number of nitrogens with one attached hydrogen (secondary N) is 1. The predicted octanol–water partition coefficient (Wildman–Crippen LogP) is 5.37. The fourth-order valence-electron chi connectivity index (χ4n) is 4.09. The third kappa shape index (κ3) is 4.24. The predicted molar refractivity (Wildman–Crippen MR) is 132 cm³/mol. The lowest BCUT2D eigenvalue weighted by Crippen LogP contribution is -2.46. The van der Waals surface area contributed by atoms with Crippen molar-refractivity contribution >= 4 is 56.3 Å². The van der Waals surface area contributed by atoms with Crippen LogP contribution < -0.4 is 15.1 Å². The van der Waals surface area contributed by atoms with Gasteiger partial charge in [-0.3, -0.25) is 4.79 Å². The van der Waals surface area contributed by atoms with Crippen molar-refractivity contribution in [3.05, 3.63) is 76.1 Å². The number of fused-ring (bicyclic) bond motifs is 1. The average Bonchev–Trinajstić information content (AvgIpc) is 3.19. The van der Waals surface area contributed by atoms with Crippen molar-refractivity contribution in [1.29, 1.82) is 0 Å². The van der Waals surface area contributed by atoms with Crippen molar-refractivity contribution in [2.24, 2.45) is 0 Å². The first-order valence-electron chi connectivity index (χ1n) is 10.6. The smallest absolute Gasteiger partial charge is 0.266 e. The molecule has 0 spiro atoms. The van der Waals surface area contributed by atoms with E-state index in [1.54, 1.807) is 6.33 Å². The standard InChI is InChI=1S/C24H21ClFN5OS/c1-15-20-22(31-11-9-30(10-12-31)17-5-3-2-4-6-17)27-14-28-24(20)33-21(15)23(32)29-16-7-8-19(26)18(25)13-16/h2-8,13-14H,9-12H2,1H3,(H,29,32). The lowest BCUT2D eigenvalue weighted by molar-refractivity contribution is 0.103. The number of amides is 1. The number of aromatic nitrogens is 2. The molecule has 1 aliphatic heterocycles. The van der Waals surface area contributed by atoms with E-state index in [2.05, 4.69) is 49.4 Å². The normalized spacial score (nSPS) is 14.0. The molecular weight excluding hydrogens is 461 g/mol. The van der Waals surface area contributed by atoms with Crippen LogP contribution in [0.3, 0.4) is 0 Å². The van der Waals surface area contributed by atoms with E-state index in [4.69, 9.17) is 11.6 Å². The minimum absolute atomic E-state index is 0.0383. The molecule has 1 saturated heterocycles. The molecule has 3 heterocycles. The highest BCUT2D eigenvalue weighted by Gasteiger charge is 2.24. The summed E-state index contributed by atoms with van der Waals surface area (Å²) in [5.41, 5.74) is 2.49. The molecule has 5 rings (SSSR count). The van der Waals surface area contributed by atoms with Crippen LogP contribution in [0.2, 0.25) is 5.02 Å². The zero-order chi connectivity index (χ0) is 22.9. The molecule has 9 heteroatoms. The fraction of sp³-hybridized carbons (Fsp3) is 0.208. The van der Waals surface area contributed by atoms with Crippen LogP contribution >= 0.6 is 22.9 Å². The molecule has 0 radical (unpaired) electrons. The number of benzene rings is 2. The first-order valence-corrected chi connectivity index (χ1v) is 11.8. The quantitative estimate of drug-likeness (QED) is 0.424. The Kier molecular flexibility index (Phi) is 5.86. The van der Waals surface area contributed by atoms with Gasteiger partial charge in [0.1, 0.15) is 22.8 Å². The monoisotopic (exact) mass is 481 g/mol. The van der Waals surface area contributed by atoms with Crippen LogP contribution in [0.15, 0.2) is 54.9 Å². The van der Waals surface area contributed by atoms with Crippen LogP contribution in [-0.4, -0.2) is 42.1 Å². The minimum atomic E-state index is -0.528. The van der Waals surface area contributed by atoms with E-state index in [-0.39, 0.29) is 10.9 Å². The second-order valence-electron chi connectivity index (χ2n) is 7.83. The number of hydrogen-bond acceptors (Lipinski definition) is 6. The lowest BCUT2D eigenvalue weighted by Gasteiger charge is -2.37. The maximum Gasteiger partial charge on any atom is 0.266 e. The van der Waals surface area contributed by atoms with Gasteiger partial charge in [-0.2, -0.15) is 0 Å². The topological polar surface area (TPSA) is 61.4 Å². The number of rotatable bonds is 4. The van der Waals surface area contributed by atoms with Crippen molar-refractivity contribution < 1.29 is 9.18 Å². The van der Waals surface area contributed by atoms with Crippen LogP contribution in [0.25, 0.3) is 10.2 Å². The Morgan fingerprint density at radius 3 is 2.52 bits per heavy atom. The van der Waals surface area contributed by atoms with Gasteiger partial charge in [0, 0.05) is 37.6 Å². The Morgan fingerprint density at radius 2 is 1.79 bits per heavy atom. The average molecular weight is 482 g/mol. The van der Waals surface area contributed by atoms with E-state index >= 15 is 0 Å². The molecule has 1 aliphatic rings. The summed E-state index contributed by atoms with van der Waals surface area (Å²) in [5, 5.41) is 3.67. The molecule has 2 aromatic heterocycles. The number of halogens is 2. The van der Waals surface area contributed by atoms with Gasteiger partial charge in [0.15, 0.2) is 0 Å². The molecule has 0 atom stereocenters. The summed E-state index contributed by atoms with van der Waals surface area (Å²) in [6.07, 6.45) is 1.55. The molecule has 168 valence electrons. The van der Waals surface area contributed by atoms with E-state index in [0.29, 0.717) is 10.6 Å². The van der Waals surface area contributed by atoms with Crippen LogP contribution in [0.1, 0.15) is 15.2 Å². The molecule has 1 amide bonds. The molecule has 2 aromatic carbocycles. The Hall–Kier alpha value is -3.23. The number of anilines is 3. The Balaban J connectivity index is 1.39. The van der Waals surface area contributed by atoms with Gasteiger partial charge in [-0.15, -0.1) is 11.3 Å². The van der Waals surface area contributed by atoms with E-state index < -0.39 is 5.82 Å².